The minimum atomic E-state index is -0.230. The zero-order chi connectivity index (χ0) is 13.8. The van der Waals surface area contributed by atoms with Gasteiger partial charge >= 0.3 is 0 Å². The summed E-state index contributed by atoms with van der Waals surface area (Å²) in [6.45, 7) is 3.27. The third kappa shape index (κ3) is 3.04. The van der Waals surface area contributed by atoms with Gasteiger partial charge in [-0.1, -0.05) is 12.1 Å². The maximum Gasteiger partial charge on any atom is 0.257 e. The molecule has 0 saturated heterocycles. The number of hydrogen-bond acceptors (Lipinski definition) is 3. The van der Waals surface area contributed by atoms with E-state index >= 15 is 0 Å². The van der Waals surface area contributed by atoms with Crippen molar-refractivity contribution in [1.82, 2.24) is 4.98 Å². The fourth-order valence-electron chi connectivity index (χ4n) is 1.74. The minimum Gasteiger partial charge on any atom is -0.322 e. The molecule has 1 amide bonds. The van der Waals surface area contributed by atoms with Gasteiger partial charge in [0.2, 0.25) is 0 Å². The Morgan fingerprint density at radius 1 is 1.16 bits per heavy atom. The average Bonchev–Trinajstić information content (AvgIpc) is 2.39. The van der Waals surface area contributed by atoms with Crippen molar-refractivity contribution in [1.29, 1.82) is 0 Å². The Kier molecular flexibility index (Phi) is 3.71. The van der Waals surface area contributed by atoms with Gasteiger partial charge in [-0.25, -0.2) is 0 Å². The lowest BCUT2D eigenvalue weighted by atomic mass is 10.1. The third-order valence-electron chi connectivity index (χ3n) is 2.78. The van der Waals surface area contributed by atoms with Crippen molar-refractivity contribution in [3.63, 3.8) is 0 Å². The molecule has 4 heteroatoms. The number of benzene rings is 1. The van der Waals surface area contributed by atoms with Crippen LogP contribution in [0.2, 0.25) is 0 Å². The van der Waals surface area contributed by atoms with Crippen LogP contribution in [-0.2, 0) is 0 Å². The van der Waals surface area contributed by atoms with Gasteiger partial charge in [0.25, 0.3) is 5.91 Å². The Hall–Kier alpha value is -2.49. The summed E-state index contributed by atoms with van der Waals surface area (Å²) in [6, 6.07) is 10.3. The predicted molar refractivity (Wildman–Crippen MR) is 73.4 cm³/mol. The standard InChI is InChI=1S/C15H14N2O2/c1-10-14(7-4-8-16-10)15(19)17-13-6-3-5-12(9-13)11(2)18/h3-9H,1-2H3,(H,17,19). The van der Waals surface area contributed by atoms with Gasteiger partial charge in [-0.05, 0) is 38.1 Å². The normalized spacial score (nSPS) is 10.0. The van der Waals surface area contributed by atoms with E-state index in [1.165, 1.54) is 6.92 Å². The number of pyridine rings is 1. The van der Waals surface area contributed by atoms with Crippen LogP contribution in [0.5, 0.6) is 0 Å². The molecule has 1 heterocycles. The van der Waals surface area contributed by atoms with Crippen LogP contribution in [-0.4, -0.2) is 16.7 Å². The van der Waals surface area contributed by atoms with Crippen LogP contribution in [0.25, 0.3) is 0 Å². The molecule has 2 aromatic rings. The molecule has 0 bridgehead atoms. The SMILES string of the molecule is CC(=O)c1cccc(NC(=O)c2cccnc2C)c1. The van der Waals surface area contributed by atoms with Crippen molar-refractivity contribution in [2.75, 3.05) is 5.32 Å². The zero-order valence-electron chi connectivity index (χ0n) is 10.8. The zero-order valence-corrected chi connectivity index (χ0v) is 10.8. The van der Waals surface area contributed by atoms with E-state index in [1.54, 1.807) is 49.5 Å². The van der Waals surface area contributed by atoms with E-state index in [4.69, 9.17) is 0 Å². The van der Waals surface area contributed by atoms with E-state index in [-0.39, 0.29) is 11.7 Å². The number of carbonyl (C=O) groups is 2. The maximum absolute atomic E-state index is 12.1. The van der Waals surface area contributed by atoms with Crippen molar-refractivity contribution in [3.8, 4) is 0 Å². The second-order valence-corrected chi connectivity index (χ2v) is 4.23. The first-order valence-corrected chi connectivity index (χ1v) is 5.92. The van der Waals surface area contributed by atoms with Crippen LogP contribution in [0.3, 0.4) is 0 Å². The highest BCUT2D eigenvalue weighted by Crippen LogP contribution is 2.13. The van der Waals surface area contributed by atoms with E-state index < -0.39 is 0 Å². The molecule has 1 aromatic carbocycles. The molecule has 0 unspecified atom stereocenters. The van der Waals surface area contributed by atoms with Gasteiger partial charge in [0, 0.05) is 23.1 Å². The van der Waals surface area contributed by atoms with Crippen LogP contribution < -0.4 is 5.32 Å². The molecule has 2 rings (SSSR count). The van der Waals surface area contributed by atoms with Gasteiger partial charge in [-0.2, -0.15) is 0 Å². The van der Waals surface area contributed by atoms with Crippen LogP contribution in [0.1, 0.15) is 33.3 Å². The molecule has 0 fully saturated rings. The van der Waals surface area contributed by atoms with E-state index in [1.807, 2.05) is 0 Å². The Morgan fingerprint density at radius 3 is 2.63 bits per heavy atom. The van der Waals surface area contributed by atoms with Gasteiger partial charge in [-0.15, -0.1) is 0 Å². The Labute approximate surface area is 111 Å². The summed E-state index contributed by atoms with van der Waals surface area (Å²) >= 11 is 0. The molecule has 0 aliphatic rings. The number of anilines is 1. The van der Waals surface area contributed by atoms with Crippen LogP contribution in [0.15, 0.2) is 42.6 Å². The van der Waals surface area contributed by atoms with E-state index in [2.05, 4.69) is 10.3 Å². The lowest BCUT2D eigenvalue weighted by Crippen LogP contribution is -2.14. The molecule has 0 saturated carbocycles. The molecule has 0 aliphatic carbocycles. The number of aromatic nitrogens is 1. The molecule has 96 valence electrons. The Balaban J connectivity index is 2.22. The van der Waals surface area contributed by atoms with Gasteiger partial charge in [0.1, 0.15) is 0 Å². The highest BCUT2D eigenvalue weighted by atomic mass is 16.1. The Morgan fingerprint density at radius 2 is 1.95 bits per heavy atom. The number of Topliss-reactive ketones (excluding diaryl/α,β-unsaturated/α-hetero) is 1. The molecule has 4 nitrogen and oxygen atoms in total. The summed E-state index contributed by atoms with van der Waals surface area (Å²) in [7, 11) is 0. The molecular formula is C15H14N2O2. The van der Waals surface area contributed by atoms with Gasteiger partial charge < -0.3 is 5.32 Å². The topological polar surface area (TPSA) is 59.1 Å². The quantitative estimate of drug-likeness (QED) is 0.857. The highest BCUT2D eigenvalue weighted by Gasteiger charge is 2.10. The first-order valence-electron chi connectivity index (χ1n) is 5.92. The van der Waals surface area contributed by atoms with Crippen molar-refractivity contribution in [2.45, 2.75) is 13.8 Å². The number of amides is 1. The number of carbonyl (C=O) groups excluding carboxylic acids is 2. The molecule has 0 aliphatic heterocycles. The number of ketones is 1. The molecule has 1 N–H and O–H groups in total. The molecule has 0 spiro atoms. The Bertz CT molecular complexity index is 636. The van der Waals surface area contributed by atoms with Crippen LogP contribution >= 0.6 is 0 Å². The van der Waals surface area contributed by atoms with Crippen molar-refractivity contribution in [3.05, 3.63) is 59.4 Å². The monoisotopic (exact) mass is 254 g/mol. The molecule has 1 aromatic heterocycles. The van der Waals surface area contributed by atoms with Crippen LogP contribution in [0.4, 0.5) is 5.69 Å². The number of rotatable bonds is 3. The molecular weight excluding hydrogens is 240 g/mol. The summed E-state index contributed by atoms with van der Waals surface area (Å²) in [5.74, 6) is -0.264. The van der Waals surface area contributed by atoms with Crippen molar-refractivity contribution < 1.29 is 9.59 Å². The summed E-state index contributed by atoms with van der Waals surface area (Å²) in [5, 5.41) is 2.76. The summed E-state index contributed by atoms with van der Waals surface area (Å²) in [4.78, 5) is 27.4. The smallest absolute Gasteiger partial charge is 0.257 e. The highest BCUT2D eigenvalue weighted by molar-refractivity contribution is 6.05. The largest absolute Gasteiger partial charge is 0.322 e. The first kappa shape index (κ1) is 13.0. The predicted octanol–water partition coefficient (Wildman–Crippen LogP) is 2.84. The van der Waals surface area contributed by atoms with Gasteiger partial charge in [0.05, 0.1) is 5.56 Å². The second kappa shape index (κ2) is 5.44. The van der Waals surface area contributed by atoms with Gasteiger partial charge in [-0.3, -0.25) is 14.6 Å². The second-order valence-electron chi connectivity index (χ2n) is 4.23. The van der Waals surface area contributed by atoms with Crippen molar-refractivity contribution in [2.24, 2.45) is 0 Å². The number of nitrogens with zero attached hydrogens (tertiary/aromatic N) is 1. The number of aryl methyl sites for hydroxylation is 1. The lowest BCUT2D eigenvalue weighted by molar-refractivity contribution is 0.101. The summed E-state index contributed by atoms with van der Waals surface area (Å²) in [5.41, 5.74) is 2.36. The fraction of sp³-hybridized carbons (Fsp3) is 0.133. The van der Waals surface area contributed by atoms with E-state index in [9.17, 15) is 9.59 Å². The summed E-state index contributed by atoms with van der Waals surface area (Å²) in [6.07, 6.45) is 1.64. The van der Waals surface area contributed by atoms with E-state index in [0.717, 1.165) is 0 Å². The third-order valence-corrected chi connectivity index (χ3v) is 2.78. The summed E-state index contributed by atoms with van der Waals surface area (Å²) < 4.78 is 0. The molecule has 0 atom stereocenters. The average molecular weight is 254 g/mol. The minimum absolute atomic E-state index is 0.0337. The fourth-order valence-corrected chi connectivity index (χ4v) is 1.74. The molecule has 19 heavy (non-hydrogen) atoms. The van der Waals surface area contributed by atoms with Gasteiger partial charge in [0.15, 0.2) is 5.78 Å². The number of nitrogens with one attached hydrogen (secondary N) is 1. The van der Waals surface area contributed by atoms with E-state index in [0.29, 0.717) is 22.5 Å². The van der Waals surface area contributed by atoms with Crippen molar-refractivity contribution >= 4 is 17.4 Å². The maximum atomic E-state index is 12.1. The number of hydrogen-bond donors (Lipinski definition) is 1. The van der Waals surface area contributed by atoms with Crippen LogP contribution in [0, 0.1) is 6.92 Å². The molecule has 0 radical (unpaired) electrons. The lowest BCUT2D eigenvalue weighted by Gasteiger charge is -2.07. The first-order chi connectivity index (χ1) is 9.08.